The van der Waals surface area contributed by atoms with Gasteiger partial charge in [0.15, 0.2) is 6.04 Å². The molecule has 0 radical (unpaired) electrons. The van der Waals surface area contributed by atoms with E-state index in [1.165, 1.54) is 5.38 Å². The van der Waals surface area contributed by atoms with E-state index in [1.807, 2.05) is 5.32 Å². The lowest BCUT2D eigenvalue weighted by Gasteiger charge is -2.19. The van der Waals surface area contributed by atoms with Gasteiger partial charge in [-0.15, -0.1) is 11.3 Å². The van der Waals surface area contributed by atoms with Gasteiger partial charge in [0.2, 0.25) is 5.91 Å². The van der Waals surface area contributed by atoms with Crippen molar-refractivity contribution < 1.29 is 18.0 Å². The quantitative estimate of drug-likeness (QED) is 0.904. The average molecular weight is 332 g/mol. The molecule has 0 aromatic carbocycles. The molecule has 0 aliphatic heterocycles. The average Bonchev–Trinajstić information content (AvgIpc) is 2.95. The Kier molecular flexibility index (Phi) is 4.55. The normalized spacial score (nSPS) is 13.2. The van der Waals surface area contributed by atoms with Crippen LogP contribution in [0.3, 0.4) is 0 Å². The molecule has 0 saturated carbocycles. The largest absolute Gasteiger partial charge is 0.415 e. The molecule has 120 valence electrons. The molecule has 2 heterocycles. The number of aryl methyl sites for hydroxylation is 3. The highest BCUT2D eigenvalue weighted by molar-refractivity contribution is 7.09. The number of aromatic amines is 1. The van der Waals surface area contributed by atoms with Gasteiger partial charge in [-0.2, -0.15) is 18.3 Å². The number of nitrogens with zero attached hydrogens (tertiary/aromatic N) is 2. The van der Waals surface area contributed by atoms with E-state index in [4.69, 9.17) is 0 Å². The predicted molar refractivity (Wildman–Crippen MR) is 75.6 cm³/mol. The Hall–Kier alpha value is -1.90. The first-order valence-electron chi connectivity index (χ1n) is 6.47. The van der Waals surface area contributed by atoms with Gasteiger partial charge in [0, 0.05) is 22.3 Å². The van der Waals surface area contributed by atoms with E-state index in [1.54, 1.807) is 20.8 Å². The van der Waals surface area contributed by atoms with E-state index < -0.39 is 18.1 Å². The van der Waals surface area contributed by atoms with Crippen molar-refractivity contribution in [3.8, 4) is 0 Å². The second-order valence-electron chi connectivity index (χ2n) is 4.96. The molecule has 5 nitrogen and oxygen atoms in total. The molecule has 0 fully saturated rings. The highest BCUT2D eigenvalue weighted by Crippen LogP contribution is 2.34. The maximum atomic E-state index is 13.1. The Bertz CT molecular complexity index is 658. The second-order valence-corrected chi connectivity index (χ2v) is 5.85. The molecule has 2 aromatic rings. The van der Waals surface area contributed by atoms with Crippen LogP contribution in [0.4, 0.5) is 13.2 Å². The molecule has 9 heteroatoms. The van der Waals surface area contributed by atoms with Gasteiger partial charge in [-0.1, -0.05) is 0 Å². The summed E-state index contributed by atoms with van der Waals surface area (Å²) in [5, 5.41) is 9.99. The standard InChI is InChI=1S/C13H15F3N4OS/c1-6-5-22-12(17-6)11(13(14,15)16)18-10(21)4-9-7(2)19-20-8(9)3/h5,11H,4H2,1-3H3,(H,18,21)(H,19,20). The van der Waals surface area contributed by atoms with Gasteiger partial charge in [0.1, 0.15) is 5.01 Å². The molecule has 22 heavy (non-hydrogen) atoms. The number of carbonyl (C=O) groups excluding carboxylic acids is 1. The number of rotatable bonds is 4. The summed E-state index contributed by atoms with van der Waals surface area (Å²) in [6.07, 6.45) is -4.76. The van der Waals surface area contributed by atoms with Gasteiger partial charge in [-0.25, -0.2) is 4.98 Å². The number of aromatic nitrogens is 3. The topological polar surface area (TPSA) is 70.7 Å². The van der Waals surface area contributed by atoms with Crippen LogP contribution in [0.5, 0.6) is 0 Å². The first-order valence-corrected chi connectivity index (χ1v) is 7.35. The maximum absolute atomic E-state index is 13.1. The number of H-pyrrole nitrogens is 1. The predicted octanol–water partition coefficient (Wildman–Crippen LogP) is 2.75. The fourth-order valence-corrected chi connectivity index (χ4v) is 2.86. The van der Waals surface area contributed by atoms with Crippen molar-refractivity contribution >= 4 is 17.2 Å². The minimum Gasteiger partial charge on any atom is -0.339 e. The summed E-state index contributed by atoms with van der Waals surface area (Å²) >= 11 is 0.876. The molecule has 1 amide bonds. The highest BCUT2D eigenvalue weighted by Gasteiger charge is 2.43. The number of amides is 1. The van der Waals surface area contributed by atoms with Crippen LogP contribution in [0.1, 0.15) is 33.7 Å². The minimum atomic E-state index is -4.60. The molecule has 0 spiro atoms. The maximum Gasteiger partial charge on any atom is 0.415 e. The number of hydrogen-bond donors (Lipinski definition) is 2. The molecule has 1 atom stereocenters. The van der Waals surface area contributed by atoms with Crippen LogP contribution in [-0.4, -0.2) is 27.3 Å². The van der Waals surface area contributed by atoms with Crippen molar-refractivity contribution in [2.75, 3.05) is 0 Å². The lowest BCUT2D eigenvalue weighted by Crippen LogP contribution is -2.39. The Morgan fingerprint density at radius 3 is 2.55 bits per heavy atom. The van der Waals surface area contributed by atoms with E-state index in [2.05, 4.69) is 15.2 Å². The molecule has 2 rings (SSSR count). The van der Waals surface area contributed by atoms with Crippen LogP contribution < -0.4 is 5.32 Å². The van der Waals surface area contributed by atoms with E-state index >= 15 is 0 Å². The van der Waals surface area contributed by atoms with E-state index in [9.17, 15) is 18.0 Å². The number of hydrogen-bond acceptors (Lipinski definition) is 4. The molecular weight excluding hydrogens is 317 g/mol. The van der Waals surface area contributed by atoms with Gasteiger partial charge >= 0.3 is 6.18 Å². The third kappa shape index (κ3) is 3.65. The fourth-order valence-electron chi connectivity index (χ4n) is 2.00. The number of carbonyl (C=O) groups is 1. The third-order valence-corrected chi connectivity index (χ3v) is 4.16. The van der Waals surface area contributed by atoms with Crippen molar-refractivity contribution in [2.45, 2.75) is 39.4 Å². The fraction of sp³-hybridized carbons (Fsp3) is 0.462. The summed E-state index contributed by atoms with van der Waals surface area (Å²) in [4.78, 5) is 15.8. The number of halogens is 3. The summed E-state index contributed by atoms with van der Waals surface area (Å²) in [5.74, 6) is -0.720. The summed E-state index contributed by atoms with van der Waals surface area (Å²) in [6, 6.07) is -2.09. The Morgan fingerprint density at radius 2 is 2.09 bits per heavy atom. The number of thiazole rings is 1. The first-order chi connectivity index (χ1) is 10.2. The van der Waals surface area contributed by atoms with E-state index in [0.717, 1.165) is 11.3 Å². The van der Waals surface area contributed by atoms with Crippen molar-refractivity contribution in [1.82, 2.24) is 20.5 Å². The summed E-state index contributed by atoms with van der Waals surface area (Å²) in [6.45, 7) is 5.01. The summed E-state index contributed by atoms with van der Waals surface area (Å²) in [5.41, 5.74) is 2.36. The minimum absolute atomic E-state index is 0.162. The van der Waals surface area contributed by atoms with Crippen molar-refractivity contribution in [3.63, 3.8) is 0 Å². The monoisotopic (exact) mass is 332 g/mol. The Morgan fingerprint density at radius 1 is 1.41 bits per heavy atom. The smallest absolute Gasteiger partial charge is 0.339 e. The molecule has 0 bridgehead atoms. The second kappa shape index (κ2) is 6.07. The lowest BCUT2D eigenvalue weighted by molar-refractivity contribution is -0.163. The zero-order chi connectivity index (χ0) is 16.5. The molecule has 0 saturated heterocycles. The Balaban J connectivity index is 2.16. The van der Waals surface area contributed by atoms with Gasteiger partial charge in [0.05, 0.1) is 12.1 Å². The van der Waals surface area contributed by atoms with E-state index in [0.29, 0.717) is 22.6 Å². The van der Waals surface area contributed by atoms with Gasteiger partial charge in [-0.3, -0.25) is 9.89 Å². The van der Waals surface area contributed by atoms with Crippen molar-refractivity contribution in [1.29, 1.82) is 0 Å². The molecular formula is C13H15F3N4OS. The van der Waals surface area contributed by atoms with Gasteiger partial charge in [-0.05, 0) is 20.8 Å². The molecule has 0 aliphatic rings. The molecule has 0 aliphatic carbocycles. The summed E-state index contributed by atoms with van der Waals surface area (Å²) < 4.78 is 39.4. The van der Waals surface area contributed by atoms with Gasteiger partial charge in [0.25, 0.3) is 0 Å². The first kappa shape index (κ1) is 16.5. The van der Waals surface area contributed by atoms with Gasteiger partial charge < -0.3 is 5.32 Å². The van der Waals surface area contributed by atoms with E-state index in [-0.39, 0.29) is 11.4 Å². The summed E-state index contributed by atoms with van der Waals surface area (Å²) in [7, 11) is 0. The van der Waals surface area contributed by atoms with Crippen molar-refractivity contribution in [2.24, 2.45) is 0 Å². The molecule has 2 aromatic heterocycles. The number of alkyl halides is 3. The number of nitrogens with one attached hydrogen (secondary N) is 2. The lowest BCUT2D eigenvalue weighted by atomic mass is 10.1. The van der Waals surface area contributed by atoms with Crippen LogP contribution in [0.15, 0.2) is 5.38 Å². The zero-order valence-corrected chi connectivity index (χ0v) is 13.0. The van der Waals surface area contributed by atoms with Crippen molar-refractivity contribution in [3.05, 3.63) is 33.0 Å². The highest BCUT2D eigenvalue weighted by atomic mass is 32.1. The van der Waals surface area contributed by atoms with Crippen LogP contribution in [0.2, 0.25) is 0 Å². The van der Waals surface area contributed by atoms with Crippen LogP contribution in [-0.2, 0) is 11.2 Å². The Labute approximate surface area is 129 Å². The third-order valence-electron chi connectivity index (χ3n) is 3.13. The van der Waals surface area contributed by atoms with Crippen LogP contribution in [0.25, 0.3) is 0 Å². The zero-order valence-electron chi connectivity index (χ0n) is 12.2. The molecule has 2 N–H and O–H groups in total. The van der Waals surface area contributed by atoms with Crippen LogP contribution >= 0.6 is 11.3 Å². The SMILES string of the molecule is Cc1csc(C(NC(=O)Cc2c(C)n[nH]c2C)C(F)(F)F)n1. The van der Waals surface area contributed by atoms with Crippen LogP contribution in [0, 0.1) is 20.8 Å². The molecule has 1 unspecified atom stereocenters.